The van der Waals surface area contributed by atoms with Crippen LogP contribution in [0.15, 0.2) is 24.3 Å². The van der Waals surface area contributed by atoms with Crippen LogP contribution < -0.4 is 10.1 Å². The van der Waals surface area contributed by atoms with Gasteiger partial charge in [0.25, 0.3) is 5.91 Å². The minimum absolute atomic E-state index is 0.146. The Hall–Kier alpha value is -1.84. The van der Waals surface area contributed by atoms with E-state index in [2.05, 4.69) is 12.2 Å². The molecule has 0 aromatic heterocycles. The molecule has 0 aliphatic carbocycles. The highest BCUT2D eigenvalue weighted by molar-refractivity contribution is 5.94. The standard InChI is InChI=1S/C13H17NO3/c1-3-4-8-14-13(16)11-6-5-7-12(9-11)17-10(2)15/h5-7,9H,3-4,8H2,1-2H3,(H,14,16). The zero-order valence-corrected chi connectivity index (χ0v) is 10.2. The summed E-state index contributed by atoms with van der Waals surface area (Å²) in [4.78, 5) is 22.5. The minimum Gasteiger partial charge on any atom is -0.427 e. The maximum Gasteiger partial charge on any atom is 0.308 e. The zero-order chi connectivity index (χ0) is 12.7. The van der Waals surface area contributed by atoms with Crippen molar-refractivity contribution in [1.82, 2.24) is 5.32 Å². The molecule has 1 amide bonds. The van der Waals surface area contributed by atoms with E-state index >= 15 is 0 Å². The van der Waals surface area contributed by atoms with Crippen LogP contribution in [0.2, 0.25) is 0 Å². The molecule has 0 heterocycles. The van der Waals surface area contributed by atoms with E-state index in [0.29, 0.717) is 17.9 Å². The highest BCUT2D eigenvalue weighted by atomic mass is 16.5. The van der Waals surface area contributed by atoms with Gasteiger partial charge < -0.3 is 10.1 Å². The molecule has 1 N–H and O–H groups in total. The number of carbonyl (C=O) groups excluding carboxylic acids is 2. The Morgan fingerprint density at radius 2 is 2.12 bits per heavy atom. The molecule has 92 valence electrons. The molecule has 0 unspecified atom stereocenters. The van der Waals surface area contributed by atoms with E-state index in [1.807, 2.05) is 0 Å². The Kier molecular flexibility index (Phi) is 5.20. The molecule has 0 radical (unpaired) electrons. The summed E-state index contributed by atoms with van der Waals surface area (Å²) < 4.78 is 4.91. The third-order valence-corrected chi connectivity index (χ3v) is 2.17. The fourth-order valence-electron chi connectivity index (χ4n) is 1.35. The molecule has 0 aliphatic rings. The lowest BCUT2D eigenvalue weighted by Crippen LogP contribution is -2.24. The lowest BCUT2D eigenvalue weighted by molar-refractivity contribution is -0.131. The van der Waals surface area contributed by atoms with Crippen molar-refractivity contribution in [1.29, 1.82) is 0 Å². The highest BCUT2D eigenvalue weighted by Crippen LogP contribution is 2.13. The normalized spacial score (nSPS) is 9.76. The van der Waals surface area contributed by atoms with Crippen LogP contribution in [-0.4, -0.2) is 18.4 Å². The summed E-state index contributed by atoms with van der Waals surface area (Å²) in [6.45, 7) is 4.05. The number of amides is 1. The molecule has 4 heteroatoms. The van der Waals surface area contributed by atoms with E-state index in [0.717, 1.165) is 12.8 Å². The van der Waals surface area contributed by atoms with Gasteiger partial charge >= 0.3 is 5.97 Å². The van der Waals surface area contributed by atoms with Crippen molar-refractivity contribution in [2.45, 2.75) is 26.7 Å². The maximum atomic E-state index is 11.7. The molecule has 4 nitrogen and oxygen atoms in total. The van der Waals surface area contributed by atoms with Crippen LogP contribution in [0, 0.1) is 0 Å². The van der Waals surface area contributed by atoms with Gasteiger partial charge in [0.05, 0.1) is 0 Å². The molecule has 0 aliphatic heterocycles. The van der Waals surface area contributed by atoms with Crippen molar-refractivity contribution in [2.24, 2.45) is 0 Å². The minimum atomic E-state index is -0.395. The predicted octanol–water partition coefficient (Wildman–Crippen LogP) is 2.14. The topological polar surface area (TPSA) is 55.4 Å². The first-order chi connectivity index (χ1) is 8.13. The quantitative estimate of drug-likeness (QED) is 0.483. The monoisotopic (exact) mass is 235 g/mol. The summed E-state index contributed by atoms with van der Waals surface area (Å²) >= 11 is 0. The van der Waals surface area contributed by atoms with Crippen molar-refractivity contribution < 1.29 is 14.3 Å². The second-order valence-electron chi connectivity index (χ2n) is 3.73. The van der Waals surface area contributed by atoms with Crippen LogP contribution in [0.4, 0.5) is 0 Å². The van der Waals surface area contributed by atoms with Crippen LogP contribution in [0.1, 0.15) is 37.0 Å². The van der Waals surface area contributed by atoms with E-state index < -0.39 is 5.97 Å². The first-order valence-corrected chi connectivity index (χ1v) is 5.70. The van der Waals surface area contributed by atoms with Gasteiger partial charge in [-0.25, -0.2) is 0 Å². The molecule has 1 aromatic rings. The third kappa shape index (κ3) is 4.68. The number of benzene rings is 1. The fraction of sp³-hybridized carbons (Fsp3) is 0.385. The van der Waals surface area contributed by atoms with Crippen LogP contribution >= 0.6 is 0 Å². The number of esters is 1. The average molecular weight is 235 g/mol. The molecule has 17 heavy (non-hydrogen) atoms. The molecular formula is C13H17NO3. The summed E-state index contributed by atoms with van der Waals surface area (Å²) in [7, 11) is 0. The lowest BCUT2D eigenvalue weighted by atomic mass is 10.2. The molecular weight excluding hydrogens is 218 g/mol. The van der Waals surface area contributed by atoms with Crippen LogP contribution in [0.5, 0.6) is 5.75 Å². The highest BCUT2D eigenvalue weighted by Gasteiger charge is 2.06. The first-order valence-electron chi connectivity index (χ1n) is 5.70. The molecule has 0 atom stereocenters. The number of hydrogen-bond acceptors (Lipinski definition) is 3. The van der Waals surface area contributed by atoms with E-state index in [1.54, 1.807) is 24.3 Å². The second kappa shape index (κ2) is 6.68. The van der Waals surface area contributed by atoms with E-state index in [9.17, 15) is 9.59 Å². The number of nitrogens with one attached hydrogen (secondary N) is 1. The van der Waals surface area contributed by atoms with Gasteiger partial charge in [-0.15, -0.1) is 0 Å². The summed E-state index contributed by atoms with van der Waals surface area (Å²) in [5.74, 6) is -0.151. The van der Waals surface area contributed by atoms with Gasteiger partial charge in [-0.05, 0) is 24.6 Å². The fourth-order valence-corrected chi connectivity index (χ4v) is 1.35. The Morgan fingerprint density at radius 3 is 2.76 bits per heavy atom. The number of unbranched alkanes of at least 4 members (excludes halogenated alkanes) is 1. The molecule has 0 spiro atoms. The SMILES string of the molecule is CCCCNC(=O)c1cccc(OC(C)=O)c1. The van der Waals surface area contributed by atoms with E-state index in [4.69, 9.17) is 4.74 Å². The average Bonchev–Trinajstić information content (AvgIpc) is 2.28. The molecule has 0 fully saturated rings. The lowest BCUT2D eigenvalue weighted by Gasteiger charge is -2.06. The molecule has 0 saturated carbocycles. The zero-order valence-electron chi connectivity index (χ0n) is 10.2. The van der Waals surface area contributed by atoms with Crippen molar-refractivity contribution in [3.05, 3.63) is 29.8 Å². The first kappa shape index (κ1) is 13.2. The van der Waals surface area contributed by atoms with Crippen molar-refractivity contribution in [3.8, 4) is 5.75 Å². The Balaban J connectivity index is 2.63. The second-order valence-corrected chi connectivity index (χ2v) is 3.73. The van der Waals surface area contributed by atoms with Gasteiger partial charge in [-0.2, -0.15) is 0 Å². The van der Waals surface area contributed by atoms with Gasteiger partial charge in [0.1, 0.15) is 5.75 Å². The number of ether oxygens (including phenoxy) is 1. The van der Waals surface area contributed by atoms with Crippen LogP contribution in [0.3, 0.4) is 0 Å². The van der Waals surface area contributed by atoms with Crippen LogP contribution in [-0.2, 0) is 4.79 Å². The van der Waals surface area contributed by atoms with Gasteiger partial charge in [0.2, 0.25) is 0 Å². The Morgan fingerprint density at radius 1 is 1.35 bits per heavy atom. The number of rotatable bonds is 5. The Labute approximate surface area is 101 Å². The molecule has 1 rings (SSSR count). The largest absolute Gasteiger partial charge is 0.427 e. The Bertz CT molecular complexity index is 401. The van der Waals surface area contributed by atoms with E-state index in [-0.39, 0.29) is 5.91 Å². The summed E-state index contributed by atoms with van der Waals surface area (Å²) in [5, 5.41) is 2.80. The van der Waals surface area contributed by atoms with E-state index in [1.165, 1.54) is 6.92 Å². The summed E-state index contributed by atoms with van der Waals surface area (Å²) in [5.41, 5.74) is 0.500. The van der Waals surface area contributed by atoms with Gasteiger partial charge in [-0.1, -0.05) is 19.4 Å². The van der Waals surface area contributed by atoms with Gasteiger partial charge in [0.15, 0.2) is 0 Å². The smallest absolute Gasteiger partial charge is 0.308 e. The van der Waals surface area contributed by atoms with Crippen molar-refractivity contribution in [3.63, 3.8) is 0 Å². The summed E-state index contributed by atoms with van der Waals surface area (Å²) in [6.07, 6.45) is 1.99. The van der Waals surface area contributed by atoms with Crippen LogP contribution in [0.25, 0.3) is 0 Å². The van der Waals surface area contributed by atoms with Crippen molar-refractivity contribution >= 4 is 11.9 Å². The van der Waals surface area contributed by atoms with Crippen molar-refractivity contribution in [2.75, 3.05) is 6.54 Å². The number of carbonyl (C=O) groups is 2. The molecule has 0 saturated heterocycles. The third-order valence-electron chi connectivity index (χ3n) is 2.17. The van der Waals surface area contributed by atoms with Gasteiger partial charge in [-0.3, -0.25) is 9.59 Å². The summed E-state index contributed by atoms with van der Waals surface area (Å²) in [6, 6.07) is 6.58. The molecule has 1 aromatic carbocycles. The number of hydrogen-bond donors (Lipinski definition) is 1. The predicted molar refractivity (Wildman–Crippen MR) is 65.0 cm³/mol. The maximum absolute atomic E-state index is 11.7. The molecule has 0 bridgehead atoms. The van der Waals surface area contributed by atoms with Gasteiger partial charge in [0, 0.05) is 19.0 Å².